The van der Waals surface area contributed by atoms with Gasteiger partial charge in [-0.25, -0.2) is 9.97 Å². The van der Waals surface area contributed by atoms with Gasteiger partial charge in [0.15, 0.2) is 0 Å². The largest absolute Gasteiger partial charge is 0.384 e. The summed E-state index contributed by atoms with van der Waals surface area (Å²) in [6.45, 7) is 2.51. The number of rotatable bonds is 4. The van der Waals surface area contributed by atoms with Crippen LogP contribution in [-0.4, -0.2) is 52.1 Å². The van der Waals surface area contributed by atoms with Gasteiger partial charge < -0.3 is 19.9 Å². The maximum Gasteiger partial charge on any atom is 0.251 e. The van der Waals surface area contributed by atoms with Gasteiger partial charge in [0, 0.05) is 56.1 Å². The van der Waals surface area contributed by atoms with Crippen molar-refractivity contribution in [2.45, 2.75) is 31.7 Å². The quantitative estimate of drug-likeness (QED) is 0.836. The van der Waals surface area contributed by atoms with E-state index in [0.29, 0.717) is 37.1 Å². The van der Waals surface area contributed by atoms with Crippen molar-refractivity contribution in [2.24, 2.45) is 11.3 Å². The minimum Gasteiger partial charge on any atom is -0.384 e. The fourth-order valence-corrected chi connectivity index (χ4v) is 4.99. The fraction of sp³-hybridized carbons (Fsp3) is 0.524. The zero-order chi connectivity index (χ0) is 20.2. The summed E-state index contributed by atoms with van der Waals surface area (Å²) >= 11 is 0. The third-order valence-electron chi connectivity index (χ3n) is 6.56. The first-order chi connectivity index (χ1) is 14.0. The van der Waals surface area contributed by atoms with Crippen LogP contribution in [0.25, 0.3) is 11.3 Å². The number of nitrogens with zero attached hydrogens (tertiary/aromatic N) is 4. The van der Waals surface area contributed by atoms with E-state index in [1.54, 1.807) is 19.2 Å². The maximum absolute atomic E-state index is 13.2. The zero-order valence-corrected chi connectivity index (χ0v) is 16.5. The number of carbonyl (C=O) groups excluding carboxylic acids is 1. The van der Waals surface area contributed by atoms with Gasteiger partial charge in [-0.3, -0.25) is 9.59 Å². The second-order valence-electron chi connectivity index (χ2n) is 8.67. The van der Waals surface area contributed by atoms with Gasteiger partial charge in [0.1, 0.15) is 12.1 Å². The number of piperidine rings is 1. The molecule has 2 atom stereocenters. The predicted molar refractivity (Wildman–Crippen MR) is 107 cm³/mol. The van der Waals surface area contributed by atoms with Gasteiger partial charge in [0.2, 0.25) is 5.91 Å². The third kappa shape index (κ3) is 3.11. The van der Waals surface area contributed by atoms with Crippen molar-refractivity contribution < 1.29 is 9.53 Å². The summed E-state index contributed by atoms with van der Waals surface area (Å²) in [5, 5.41) is 0. The molecular formula is C21H25N5O3. The van der Waals surface area contributed by atoms with Crippen molar-refractivity contribution in [3.05, 3.63) is 40.6 Å². The van der Waals surface area contributed by atoms with Gasteiger partial charge in [0.05, 0.1) is 17.7 Å². The second-order valence-corrected chi connectivity index (χ2v) is 8.67. The Labute approximate surface area is 168 Å². The molecular weight excluding hydrogens is 370 g/mol. The van der Waals surface area contributed by atoms with Crippen molar-refractivity contribution in [1.29, 1.82) is 0 Å². The number of amides is 1. The Morgan fingerprint density at radius 2 is 2.07 bits per heavy atom. The Kier molecular flexibility index (Phi) is 4.20. The average Bonchev–Trinajstić information content (AvgIpc) is 3.49. The zero-order valence-electron chi connectivity index (χ0n) is 16.5. The average molecular weight is 395 g/mol. The Balaban J connectivity index is 1.47. The topological polar surface area (TPSA) is 103 Å². The molecule has 1 saturated carbocycles. The highest BCUT2D eigenvalue weighted by molar-refractivity contribution is 5.85. The summed E-state index contributed by atoms with van der Waals surface area (Å²) in [5.74, 6) is 1.04. The predicted octanol–water partition coefficient (Wildman–Crippen LogP) is 1.26. The number of methoxy groups -OCH3 is 1. The monoisotopic (exact) mass is 395 g/mol. The highest BCUT2D eigenvalue weighted by atomic mass is 16.5. The highest BCUT2D eigenvalue weighted by Gasteiger charge is 2.53. The van der Waals surface area contributed by atoms with Crippen LogP contribution in [0.2, 0.25) is 0 Å². The molecule has 152 valence electrons. The van der Waals surface area contributed by atoms with Gasteiger partial charge >= 0.3 is 0 Å². The van der Waals surface area contributed by atoms with Crippen LogP contribution < -0.4 is 11.3 Å². The normalized spacial score (nSPS) is 24.1. The molecule has 2 aromatic rings. The summed E-state index contributed by atoms with van der Waals surface area (Å²) in [6.07, 6.45) is 4.21. The maximum atomic E-state index is 13.2. The highest BCUT2D eigenvalue weighted by Crippen LogP contribution is 2.49. The first-order valence-corrected chi connectivity index (χ1v) is 10.1. The molecule has 2 bridgehead atoms. The molecule has 4 heterocycles. The molecule has 0 radical (unpaired) electrons. The molecule has 0 unspecified atom stereocenters. The molecule has 2 aliphatic heterocycles. The van der Waals surface area contributed by atoms with Crippen molar-refractivity contribution in [3.8, 4) is 11.3 Å². The van der Waals surface area contributed by atoms with E-state index >= 15 is 0 Å². The molecule has 1 saturated heterocycles. The van der Waals surface area contributed by atoms with E-state index in [2.05, 4.69) is 9.97 Å². The van der Waals surface area contributed by atoms with Crippen LogP contribution >= 0.6 is 0 Å². The van der Waals surface area contributed by atoms with Crippen LogP contribution in [-0.2, 0) is 16.1 Å². The molecule has 5 rings (SSSR count). The van der Waals surface area contributed by atoms with E-state index in [-0.39, 0.29) is 22.8 Å². The third-order valence-corrected chi connectivity index (χ3v) is 6.56. The minimum atomic E-state index is -0.319. The lowest BCUT2D eigenvalue weighted by Crippen LogP contribution is -2.51. The lowest BCUT2D eigenvalue weighted by atomic mass is 9.82. The molecule has 2 aromatic heterocycles. The van der Waals surface area contributed by atoms with E-state index in [1.807, 2.05) is 15.5 Å². The van der Waals surface area contributed by atoms with Crippen molar-refractivity contribution in [2.75, 3.05) is 32.5 Å². The molecule has 2 N–H and O–H groups in total. The van der Waals surface area contributed by atoms with Crippen LogP contribution in [0.3, 0.4) is 0 Å². The molecule has 1 aliphatic carbocycles. The molecule has 29 heavy (non-hydrogen) atoms. The van der Waals surface area contributed by atoms with Gasteiger partial charge in [-0.05, 0) is 31.2 Å². The number of nitrogen functional groups attached to an aromatic ring is 1. The standard InChI is InChI=1S/C21H25N5O3/c1-29-11-21(2-3-21)20(28)25-8-13-4-15(10-25)17-5-14(6-19(27)26(17)9-13)16-7-18(22)24-12-23-16/h5-7,12-13,15H,2-4,8-11H2,1H3,(H2,22,23,24)/t13-,15+/m0/s1. The molecule has 8 nitrogen and oxygen atoms in total. The summed E-state index contributed by atoms with van der Waals surface area (Å²) < 4.78 is 7.18. The van der Waals surface area contributed by atoms with E-state index in [4.69, 9.17) is 10.5 Å². The number of hydrogen-bond acceptors (Lipinski definition) is 6. The number of carbonyl (C=O) groups is 1. The van der Waals surface area contributed by atoms with E-state index in [1.165, 1.54) is 6.33 Å². The minimum absolute atomic E-state index is 0.0257. The van der Waals surface area contributed by atoms with Gasteiger partial charge in [-0.1, -0.05) is 0 Å². The van der Waals surface area contributed by atoms with Gasteiger partial charge in [-0.15, -0.1) is 0 Å². The van der Waals surface area contributed by atoms with E-state index in [0.717, 1.165) is 37.1 Å². The summed E-state index contributed by atoms with van der Waals surface area (Å²) in [4.78, 5) is 36.2. The fourth-order valence-electron chi connectivity index (χ4n) is 4.99. The van der Waals surface area contributed by atoms with Crippen molar-refractivity contribution in [1.82, 2.24) is 19.4 Å². The first kappa shape index (κ1) is 18.3. The number of likely N-dealkylation sites (tertiary alicyclic amines) is 1. The molecule has 3 aliphatic rings. The lowest BCUT2D eigenvalue weighted by Gasteiger charge is -2.44. The Hall–Kier alpha value is -2.74. The summed E-state index contributed by atoms with van der Waals surface area (Å²) in [7, 11) is 1.66. The Bertz CT molecular complexity index is 1030. The van der Waals surface area contributed by atoms with E-state index in [9.17, 15) is 9.59 Å². The molecule has 8 heteroatoms. The number of hydrogen-bond donors (Lipinski definition) is 1. The lowest BCUT2D eigenvalue weighted by molar-refractivity contribution is -0.141. The SMILES string of the molecule is COCC1(C(=O)N2C[C@@H]3C[C@H](C2)c2cc(-c4cc(N)ncn4)cc(=O)n2C3)CC1. The number of aromatic nitrogens is 3. The first-order valence-electron chi connectivity index (χ1n) is 10.1. The van der Waals surface area contributed by atoms with Crippen LogP contribution in [0.4, 0.5) is 5.82 Å². The number of pyridine rings is 1. The van der Waals surface area contributed by atoms with Gasteiger partial charge in [0.25, 0.3) is 5.56 Å². The van der Waals surface area contributed by atoms with Crippen molar-refractivity contribution in [3.63, 3.8) is 0 Å². The number of anilines is 1. The van der Waals surface area contributed by atoms with Crippen LogP contribution in [0.1, 0.15) is 30.9 Å². The second kappa shape index (κ2) is 6.66. The van der Waals surface area contributed by atoms with Crippen LogP contribution in [0, 0.1) is 11.3 Å². The Morgan fingerprint density at radius 3 is 2.79 bits per heavy atom. The number of fused-ring (bicyclic) bond motifs is 4. The molecule has 0 spiro atoms. The summed E-state index contributed by atoms with van der Waals surface area (Å²) in [5.41, 5.74) is 7.81. The van der Waals surface area contributed by atoms with Crippen LogP contribution in [0.5, 0.6) is 0 Å². The number of nitrogens with two attached hydrogens (primary N) is 1. The van der Waals surface area contributed by atoms with Crippen LogP contribution in [0.15, 0.2) is 29.3 Å². The molecule has 0 aromatic carbocycles. The molecule has 2 fully saturated rings. The smallest absolute Gasteiger partial charge is 0.251 e. The van der Waals surface area contributed by atoms with Gasteiger partial charge in [-0.2, -0.15) is 0 Å². The molecule has 1 amide bonds. The summed E-state index contributed by atoms with van der Waals surface area (Å²) in [6, 6.07) is 5.32. The van der Waals surface area contributed by atoms with E-state index < -0.39 is 0 Å². The number of ether oxygens (including phenoxy) is 1. The van der Waals surface area contributed by atoms with Crippen molar-refractivity contribution >= 4 is 11.7 Å². The Morgan fingerprint density at radius 1 is 1.24 bits per heavy atom.